The van der Waals surface area contributed by atoms with Crippen molar-refractivity contribution in [3.05, 3.63) is 53.6 Å². The van der Waals surface area contributed by atoms with Crippen LogP contribution in [0.2, 0.25) is 0 Å². The van der Waals surface area contributed by atoms with Gasteiger partial charge >= 0.3 is 0 Å². The number of hydrogen-bond acceptors (Lipinski definition) is 8. The number of aryl methyl sites for hydroxylation is 2. The van der Waals surface area contributed by atoms with Gasteiger partial charge in [0.1, 0.15) is 30.2 Å². The zero-order valence-electron chi connectivity index (χ0n) is 18.4. The van der Waals surface area contributed by atoms with Gasteiger partial charge in [0.2, 0.25) is 6.29 Å². The SMILES string of the molecule is OC[C@H]1O[C@@H](Oc2ccc3cc2Oc2ccc(cc2)CCCC[C@@H](O)CC3)[C@H](O)[C@@H](O)[C@@H]1O. The van der Waals surface area contributed by atoms with Crippen LogP contribution in [0.15, 0.2) is 42.5 Å². The summed E-state index contributed by atoms with van der Waals surface area (Å²) < 4.78 is 17.4. The molecule has 1 saturated heterocycles. The van der Waals surface area contributed by atoms with Crippen LogP contribution < -0.4 is 9.47 Å². The van der Waals surface area contributed by atoms with Gasteiger partial charge in [0.05, 0.1) is 12.7 Å². The lowest BCUT2D eigenvalue weighted by atomic mass is 9.99. The number of benzene rings is 2. The van der Waals surface area contributed by atoms with E-state index in [0.29, 0.717) is 24.3 Å². The van der Waals surface area contributed by atoms with Crippen LogP contribution in [0.5, 0.6) is 17.2 Å². The lowest BCUT2D eigenvalue weighted by Gasteiger charge is -2.39. The van der Waals surface area contributed by atoms with E-state index < -0.39 is 37.3 Å². The molecule has 1 fully saturated rings. The summed E-state index contributed by atoms with van der Waals surface area (Å²) in [5.41, 5.74) is 2.15. The molecule has 0 unspecified atom stereocenters. The molecule has 4 bridgehead atoms. The smallest absolute Gasteiger partial charge is 0.229 e. The Bertz CT molecular complexity index is 900. The van der Waals surface area contributed by atoms with Gasteiger partial charge in [0, 0.05) is 0 Å². The Labute approximate surface area is 193 Å². The summed E-state index contributed by atoms with van der Waals surface area (Å²) in [4.78, 5) is 0. The highest BCUT2D eigenvalue weighted by atomic mass is 16.7. The summed E-state index contributed by atoms with van der Waals surface area (Å²) in [6.07, 6.45) is -2.29. The molecule has 8 nitrogen and oxygen atoms in total. The van der Waals surface area contributed by atoms with Crippen molar-refractivity contribution < 1.29 is 39.7 Å². The first kappa shape index (κ1) is 23.9. The summed E-state index contributed by atoms with van der Waals surface area (Å²) in [6.45, 7) is -0.540. The molecule has 0 radical (unpaired) electrons. The maximum atomic E-state index is 10.3. The molecular weight excluding hydrogens is 428 g/mol. The molecule has 5 rings (SSSR count). The van der Waals surface area contributed by atoms with Gasteiger partial charge < -0.3 is 39.7 Å². The first-order chi connectivity index (χ1) is 15.9. The van der Waals surface area contributed by atoms with Crippen LogP contribution in [-0.2, 0) is 17.6 Å². The molecule has 180 valence electrons. The Morgan fingerprint density at radius 2 is 1.58 bits per heavy atom. The number of fused-ring (bicyclic) bond motifs is 8. The van der Waals surface area contributed by atoms with Crippen LogP contribution in [0.1, 0.15) is 36.8 Å². The van der Waals surface area contributed by atoms with Gasteiger partial charge in [-0.05, 0) is 67.5 Å². The average molecular weight is 461 g/mol. The second-order valence-corrected chi connectivity index (χ2v) is 8.78. The molecular formula is C25H32O8. The second kappa shape index (κ2) is 10.8. The Morgan fingerprint density at radius 3 is 2.33 bits per heavy atom. The number of rotatable bonds is 3. The topological polar surface area (TPSA) is 129 Å². The van der Waals surface area contributed by atoms with Gasteiger partial charge in [-0.25, -0.2) is 0 Å². The van der Waals surface area contributed by atoms with Crippen LogP contribution in [0.4, 0.5) is 0 Å². The second-order valence-electron chi connectivity index (χ2n) is 8.78. The Morgan fingerprint density at radius 1 is 0.818 bits per heavy atom. The quantitative estimate of drug-likeness (QED) is 0.468. The molecule has 8 heteroatoms. The molecule has 6 atom stereocenters. The minimum absolute atomic E-state index is 0.275. The maximum Gasteiger partial charge on any atom is 0.229 e. The lowest BCUT2D eigenvalue weighted by Crippen LogP contribution is -2.60. The van der Waals surface area contributed by atoms with Gasteiger partial charge in [-0.2, -0.15) is 0 Å². The summed E-state index contributed by atoms with van der Waals surface area (Å²) in [6, 6.07) is 13.1. The Balaban J connectivity index is 1.60. The van der Waals surface area contributed by atoms with E-state index in [0.717, 1.165) is 31.2 Å². The van der Waals surface area contributed by atoms with Gasteiger partial charge in [0.25, 0.3) is 0 Å². The molecule has 33 heavy (non-hydrogen) atoms. The number of ether oxygens (including phenoxy) is 3. The molecule has 2 aromatic rings. The van der Waals surface area contributed by atoms with Crippen molar-refractivity contribution in [1.82, 2.24) is 0 Å². The predicted octanol–water partition coefficient (Wildman–Crippen LogP) is 1.68. The Kier molecular flexibility index (Phi) is 7.85. The van der Waals surface area contributed by atoms with Crippen molar-refractivity contribution in [3.63, 3.8) is 0 Å². The molecule has 2 aromatic carbocycles. The highest BCUT2D eigenvalue weighted by Crippen LogP contribution is 2.36. The van der Waals surface area contributed by atoms with E-state index >= 15 is 0 Å². The van der Waals surface area contributed by atoms with E-state index in [4.69, 9.17) is 14.2 Å². The molecule has 0 saturated carbocycles. The first-order valence-corrected chi connectivity index (χ1v) is 11.5. The van der Waals surface area contributed by atoms with Crippen LogP contribution >= 0.6 is 0 Å². The molecule has 3 aliphatic rings. The highest BCUT2D eigenvalue weighted by molar-refractivity contribution is 5.46. The van der Waals surface area contributed by atoms with E-state index in [1.807, 2.05) is 36.4 Å². The molecule has 0 amide bonds. The standard InChI is InChI=1S/C25H32O8/c26-14-21-22(28)23(29)24(30)25(33-21)32-19-12-8-16-5-9-17(27)4-2-1-3-15-6-10-18(11-7-15)31-20(19)13-16/h6-8,10-13,17,21-30H,1-5,9,14H2/t17-,21-,22-,23+,24-,25-/m1/s1. The van der Waals surface area contributed by atoms with E-state index in [2.05, 4.69) is 0 Å². The van der Waals surface area contributed by atoms with E-state index in [-0.39, 0.29) is 11.9 Å². The molecule has 3 aliphatic heterocycles. The van der Waals surface area contributed by atoms with Gasteiger partial charge in [-0.15, -0.1) is 0 Å². The summed E-state index contributed by atoms with van der Waals surface area (Å²) in [5.74, 6) is 1.28. The molecule has 0 aliphatic carbocycles. The van der Waals surface area contributed by atoms with Crippen LogP contribution in [-0.4, -0.2) is 68.9 Å². The van der Waals surface area contributed by atoms with Crippen molar-refractivity contribution in [1.29, 1.82) is 0 Å². The van der Waals surface area contributed by atoms with Crippen LogP contribution in [0.25, 0.3) is 0 Å². The summed E-state index contributed by atoms with van der Waals surface area (Å²) >= 11 is 0. The van der Waals surface area contributed by atoms with Crippen molar-refractivity contribution in [2.75, 3.05) is 6.61 Å². The van der Waals surface area contributed by atoms with Crippen molar-refractivity contribution >= 4 is 0 Å². The number of aliphatic hydroxyl groups excluding tert-OH is 5. The minimum Gasteiger partial charge on any atom is -0.458 e. The zero-order valence-corrected chi connectivity index (χ0v) is 18.4. The fourth-order valence-corrected chi connectivity index (χ4v) is 4.21. The lowest BCUT2D eigenvalue weighted by molar-refractivity contribution is -0.277. The largest absolute Gasteiger partial charge is 0.458 e. The third kappa shape index (κ3) is 5.84. The average Bonchev–Trinajstić information content (AvgIpc) is 2.83. The minimum atomic E-state index is -1.53. The van der Waals surface area contributed by atoms with Gasteiger partial charge in [-0.1, -0.05) is 24.6 Å². The van der Waals surface area contributed by atoms with E-state index in [9.17, 15) is 25.5 Å². The number of aliphatic hydroxyl groups is 5. The van der Waals surface area contributed by atoms with E-state index in [1.165, 1.54) is 5.56 Å². The fraction of sp³-hybridized carbons (Fsp3) is 0.520. The zero-order chi connectivity index (χ0) is 23.4. The van der Waals surface area contributed by atoms with Crippen molar-refractivity contribution in [2.24, 2.45) is 0 Å². The van der Waals surface area contributed by atoms with Crippen molar-refractivity contribution in [3.8, 4) is 17.2 Å². The van der Waals surface area contributed by atoms with Gasteiger partial charge in [0.15, 0.2) is 11.5 Å². The maximum absolute atomic E-state index is 10.3. The number of hydrogen-bond donors (Lipinski definition) is 5. The summed E-state index contributed by atoms with van der Waals surface area (Å²) in [7, 11) is 0. The summed E-state index contributed by atoms with van der Waals surface area (Å²) in [5, 5.41) is 50.2. The molecule has 5 N–H and O–H groups in total. The van der Waals surface area contributed by atoms with Crippen LogP contribution in [0, 0.1) is 0 Å². The molecule has 0 aromatic heterocycles. The van der Waals surface area contributed by atoms with E-state index in [1.54, 1.807) is 6.07 Å². The predicted molar refractivity (Wildman–Crippen MR) is 119 cm³/mol. The molecule has 3 heterocycles. The first-order valence-electron chi connectivity index (χ1n) is 11.5. The Hall–Kier alpha value is -2.20. The normalized spacial score (nSPS) is 30.7. The van der Waals surface area contributed by atoms with Gasteiger partial charge in [-0.3, -0.25) is 0 Å². The monoisotopic (exact) mass is 460 g/mol. The fourth-order valence-electron chi connectivity index (χ4n) is 4.21. The third-order valence-electron chi connectivity index (χ3n) is 6.27. The highest BCUT2D eigenvalue weighted by Gasteiger charge is 2.45. The van der Waals surface area contributed by atoms with Crippen molar-refractivity contribution in [2.45, 2.75) is 75.3 Å². The van der Waals surface area contributed by atoms with Crippen LogP contribution in [0.3, 0.4) is 0 Å². The third-order valence-corrected chi connectivity index (χ3v) is 6.27. The molecule has 0 spiro atoms.